The zero-order valence-corrected chi connectivity index (χ0v) is 36.8. The average molecular weight is 968 g/mol. The topological polar surface area (TPSA) is 175 Å². The van der Waals surface area contributed by atoms with Crippen molar-refractivity contribution in [2.24, 2.45) is 11.8 Å². The molecule has 1 unspecified atom stereocenters. The number of nitrogens with zero attached hydrogens (tertiary/aromatic N) is 3. The van der Waals surface area contributed by atoms with E-state index in [0.29, 0.717) is 74.7 Å². The van der Waals surface area contributed by atoms with Gasteiger partial charge in [0.15, 0.2) is 0 Å². The second-order valence-electron chi connectivity index (χ2n) is 13.9. The summed E-state index contributed by atoms with van der Waals surface area (Å²) < 4.78 is 63.3. The molecular weight excluding hydrogens is 922 g/mol. The van der Waals surface area contributed by atoms with Gasteiger partial charge >= 0.3 is 5.97 Å². The Morgan fingerprint density at radius 3 is 2.16 bits per heavy atom. The third-order valence-corrected chi connectivity index (χ3v) is 17.0. The van der Waals surface area contributed by atoms with Crippen molar-refractivity contribution in [2.45, 2.75) is 79.4 Å². The number of carboxylic acids is 1. The van der Waals surface area contributed by atoms with E-state index >= 15 is 0 Å². The number of aliphatic carboxylic acids is 1. The number of benzene rings is 1. The van der Waals surface area contributed by atoms with Gasteiger partial charge in [0.25, 0.3) is 15.9 Å². The summed E-state index contributed by atoms with van der Waals surface area (Å²) in [7, 11) is -6.18. The quantitative estimate of drug-likeness (QED) is 0.111. The number of rotatable bonds is 18. The monoisotopic (exact) mass is 965 g/mol. The minimum atomic E-state index is -4.19. The van der Waals surface area contributed by atoms with E-state index in [9.17, 15) is 31.5 Å². The van der Waals surface area contributed by atoms with Gasteiger partial charge in [-0.05, 0) is 125 Å². The SMILES string of the molecule is COc1ccc(C(=O)NCCCCC(NS(=O)(=O)c2cnc(N3CCC(CCCC4CCN(S(=O)(=O)c5cc(Br)c(Cl)s5)CC4)CC3)c(Br)c2)C(=O)O)cc1. The van der Waals surface area contributed by atoms with Crippen LogP contribution in [0.4, 0.5) is 5.82 Å². The Kier molecular flexibility index (Phi) is 15.8. The van der Waals surface area contributed by atoms with Crippen molar-refractivity contribution < 1.29 is 36.3 Å². The van der Waals surface area contributed by atoms with Crippen LogP contribution in [0.25, 0.3) is 0 Å². The first-order chi connectivity index (χ1) is 26.2. The number of amides is 1. The lowest BCUT2D eigenvalue weighted by Crippen LogP contribution is -2.41. The van der Waals surface area contributed by atoms with Gasteiger partial charge < -0.3 is 20.1 Å². The fourth-order valence-electron chi connectivity index (χ4n) is 6.95. The third-order valence-electron chi connectivity index (χ3n) is 10.2. The fraction of sp³-hybridized carbons (Fsp3) is 0.528. The van der Waals surface area contributed by atoms with Gasteiger partial charge in [-0.3, -0.25) is 9.59 Å². The Balaban J connectivity index is 1.01. The Bertz CT molecular complexity index is 1990. The number of aromatic nitrogens is 1. The lowest BCUT2D eigenvalue weighted by Gasteiger charge is -2.34. The van der Waals surface area contributed by atoms with E-state index in [-0.39, 0.29) is 21.4 Å². The Hall–Kier alpha value is -2.32. The second kappa shape index (κ2) is 19.9. The number of carbonyl (C=O) groups is 2. The lowest BCUT2D eigenvalue weighted by molar-refractivity contribution is -0.139. The number of carbonyl (C=O) groups excluding carboxylic acids is 1. The number of thiophene rings is 1. The van der Waals surface area contributed by atoms with Crippen molar-refractivity contribution in [1.82, 2.24) is 19.3 Å². The molecule has 0 spiro atoms. The summed E-state index contributed by atoms with van der Waals surface area (Å²) in [5.74, 6) is 0.795. The molecule has 2 fully saturated rings. The Labute approximate surface area is 348 Å². The van der Waals surface area contributed by atoms with E-state index in [1.165, 1.54) is 19.4 Å². The van der Waals surface area contributed by atoms with Crippen LogP contribution < -0.4 is 19.7 Å². The molecule has 0 radical (unpaired) electrons. The second-order valence-corrected chi connectivity index (χ2v) is 21.1. The number of pyridine rings is 1. The molecule has 2 saturated heterocycles. The highest BCUT2D eigenvalue weighted by molar-refractivity contribution is 9.11. The van der Waals surface area contributed by atoms with Crippen molar-refractivity contribution >= 4 is 92.5 Å². The molecule has 0 aliphatic carbocycles. The summed E-state index contributed by atoms with van der Waals surface area (Å²) in [5, 5.41) is 12.5. The third kappa shape index (κ3) is 11.9. The molecule has 5 rings (SSSR count). The van der Waals surface area contributed by atoms with Crippen LogP contribution in [-0.2, 0) is 24.8 Å². The average Bonchev–Trinajstić information content (AvgIpc) is 3.52. The molecule has 3 N–H and O–H groups in total. The maximum absolute atomic E-state index is 13.2. The number of ether oxygens (including phenoxy) is 1. The van der Waals surface area contributed by atoms with Crippen LogP contribution >= 0.6 is 54.8 Å². The van der Waals surface area contributed by atoms with Crippen molar-refractivity contribution in [3.05, 3.63) is 61.4 Å². The van der Waals surface area contributed by atoms with Crippen LogP contribution in [-0.4, -0.2) is 89.0 Å². The molecule has 4 heterocycles. The molecule has 1 aromatic carbocycles. The van der Waals surface area contributed by atoms with Gasteiger partial charge in [0.2, 0.25) is 10.0 Å². The van der Waals surface area contributed by atoms with Crippen LogP contribution in [0.5, 0.6) is 5.75 Å². The number of anilines is 1. The first kappa shape index (κ1) is 43.8. The van der Waals surface area contributed by atoms with Gasteiger partial charge in [-0.2, -0.15) is 9.03 Å². The number of hydrogen-bond acceptors (Lipinski definition) is 10. The molecule has 1 atom stereocenters. The summed E-state index contributed by atoms with van der Waals surface area (Å²) in [6.45, 7) is 2.90. The standard InChI is InChI=1S/C36H46Br2ClN5O8S3/c1-52-27-10-8-26(9-11-27)35(45)40-16-3-2-7-31(36(46)47)42-54(48,49)28-21-30(38)34(41-23-28)43-17-12-24(13-18-43)5-4-6-25-14-19-44(20-15-25)55(50,51)32-22-29(37)33(39)53-32/h8-11,21-25,31,42H,2-7,12-20H2,1H3,(H,40,45)(H,46,47). The van der Waals surface area contributed by atoms with Crippen molar-refractivity contribution in [3.63, 3.8) is 0 Å². The molecule has 2 aliphatic heterocycles. The van der Waals surface area contributed by atoms with Gasteiger partial charge in [0, 0.05) is 49.0 Å². The highest BCUT2D eigenvalue weighted by Crippen LogP contribution is 2.38. The number of halogens is 3. The number of nitrogens with one attached hydrogen (secondary N) is 2. The van der Waals surface area contributed by atoms with Crippen LogP contribution in [0.15, 0.2) is 60.6 Å². The molecule has 3 aromatic rings. The predicted molar refractivity (Wildman–Crippen MR) is 220 cm³/mol. The maximum atomic E-state index is 13.2. The normalized spacial score (nSPS) is 16.9. The molecule has 55 heavy (non-hydrogen) atoms. The van der Waals surface area contributed by atoms with E-state index < -0.39 is 32.1 Å². The van der Waals surface area contributed by atoms with E-state index in [1.807, 2.05) is 0 Å². The van der Waals surface area contributed by atoms with E-state index in [2.05, 4.69) is 51.8 Å². The summed E-state index contributed by atoms with van der Waals surface area (Å²) in [6.07, 6.45) is 9.08. The number of piperidine rings is 2. The molecule has 13 nitrogen and oxygen atoms in total. The highest BCUT2D eigenvalue weighted by atomic mass is 79.9. The van der Waals surface area contributed by atoms with E-state index in [1.54, 1.807) is 34.6 Å². The zero-order valence-electron chi connectivity index (χ0n) is 30.4. The number of hydrogen-bond donors (Lipinski definition) is 3. The molecule has 19 heteroatoms. The molecule has 0 saturated carbocycles. The van der Waals surface area contributed by atoms with Crippen molar-refractivity contribution in [3.8, 4) is 5.75 Å². The smallest absolute Gasteiger partial charge is 0.321 e. The summed E-state index contributed by atoms with van der Waals surface area (Å²) >= 11 is 14.0. The molecule has 0 bridgehead atoms. The number of sulfonamides is 2. The number of methoxy groups -OCH3 is 1. The minimum absolute atomic E-state index is 0.0443. The predicted octanol–water partition coefficient (Wildman–Crippen LogP) is 7.15. The van der Waals surface area contributed by atoms with E-state index in [0.717, 1.165) is 69.4 Å². The molecule has 2 aromatic heterocycles. The van der Waals surface area contributed by atoms with E-state index in [4.69, 9.17) is 16.3 Å². The zero-order chi connectivity index (χ0) is 39.8. The van der Waals surface area contributed by atoms with Crippen LogP contribution in [0, 0.1) is 11.8 Å². The fourth-order valence-corrected chi connectivity index (χ4v) is 12.8. The lowest BCUT2D eigenvalue weighted by atomic mass is 9.87. The minimum Gasteiger partial charge on any atom is -0.497 e. The van der Waals surface area contributed by atoms with Crippen molar-refractivity contribution in [1.29, 1.82) is 0 Å². The van der Waals surface area contributed by atoms with Crippen LogP contribution in [0.2, 0.25) is 4.34 Å². The Morgan fingerprint density at radius 1 is 0.964 bits per heavy atom. The van der Waals surface area contributed by atoms with Gasteiger partial charge in [0.1, 0.15) is 31.1 Å². The maximum Gasteiger partial charge on any atom is 0.321 e. The van der Waals surface area contributed by atoms with Gasteiger partial charge in [0.05, 0.1) is 11.6 Å². The number of unbranched alkanes of at least 4 members (excludes halogenated alkanes) is 1. The summed E-state index contributed by atoms with van der Waals surface area (Å²) in [5.41, 5.74) is 0.469. The molecule has 302 valence electrons. The highest BCUT2D eigenvalue weighted by Gasteiger charge is 2.32. The first-order valence-corrected chi connectivity index (χ1v) is 23.9. The largest absolute Gasteiger partial charge is 0.497 e. The first-order valence-electron chi connectivity index (χ1n) is 18.2. The van der Waals surface area contributed by atoms with Gasteiger partial charge in [-0.15, -0.1) is 11.3 Å². The van der Waals surface area contributed by atoms with Crippen LogP contribution in [0.1, 0.15) is 74.6 Å². The molecular formula is C36H46Br2ClN5O8S3. The molecule has 1 amide bonds. The van der Waals surface area contributed by atoms with Gasteiger partial charge in [-0.1, -0.05) is 30.9 Å². The summed E-state index contributed by atoms with van der Waals surface area (Å²) in [6, 6.07) is 8.34. The molecule has 2 aliphatic rings. The summed E-state index contributed by atoms with van der Waals surface area (Å²) in [4.78, 5) is 30.8. The van der Waals surface area contributed by atoms with Crippen LogP contribution in [0.3, 0.4) is 0 Å². The van der Waals surface area contributed by atoms with Gasteiger partial charge in [-0.25, -0.2) is 21.8 Å². The Morgan fingerprint density at radius 2 is 1.60 bits per heavy atom. The van der Waals surface area contributed by atoms with Crippen molar-refractivity contribution in [2.75, 3.05) is 44.7 Å². The number of carboxylic acid groups (broad SMARTS) is 1.